The maximum Gasteiger partial charge on any atom is 0.317 e. The van der Waals surface area contributed by atoms with E-state index in [2.05, 4.69) is 26.9 Å². The van der Waals surface area contributed by atoms with Crippen LogP contribution in [0.5, 0.6) is 0 Å². The van der Waals surface area contributed by atoms with Gasteiger partial charge in [-0.3, -0.25) is 9.58 Å². The van der Waals surface area contributed by atoms with E-state index >= 15 is 0 Å². The summed E-state index contributed by atoms with van der Waals surface area (Å²) in [6.45, 7) is 7.38. The molecule has 8 heteroatoms. The zero-order valence-corrected chi connectivity index (χ0v) is 16.6. The van der Waals surface area contributed by atoms with E-state index in [0.717, 1.165) is 56.2 Å². The molecule has 1 spiro atoms. The van der Waals surface area contributed by atoms with Gasteiger partial charge in [0.2, 0.25) is 0 Å². The number of carbonyl (C=O) groups is 1. The number of likely N-dealkylation sites (N-methyl/N-ethyl adjacent to an activating group) is 1. The molecule has 27 heavy (non-hydrogen) atoms. The van der Waals surface area contributed by atoms with Gasteiger partial charge in [-0.05, 0) is 39.8 Å². The van der Waals surface area contributed by atoms with Gasteiger partial charge in [-0.15, -0.1) is 0 Å². The van der Waals surface area contributed by atoms with Crippen LogP contribution in [0.3, 0.4) is 0 Å². The Morgan fingerprint density at radius 3 is 2.52 bits per heavy atom. The van der Waals surface area contributed by atoms with Crippen LogP contribution >= 0.6 is 0 Å². The highest BCUT2D eigenvalue weighted by Gasteiger charge is 2.46. The van der Waals surface area contributed by atoms with E-state index < -0.39 is 0 Å². The number of imidazole rings is 1. The molecule has 0 atom stereocenters. The van der Waals surface area contributed by atoms with E-state index in [0.29, 0.717) is 0 Å². The number of hydrogen-bond donors (Lipinski definition) is 1. The second kappa shape index (κ2) is 6.67. The Morgan fingerprint density at radius 1 is 1.15 bits per heavy atom. The van der Waals surface area contributed by atoms with Crippen molar-refractivity contribution in [1.82, 2.24) is 34.4 Å². The highest BCUT2D eigenvalue weighted by atomic mass is 16.2. The fraction of sp³-hybridized carbons (Fsp3) is 0.632. The van der Waals surface area contributed by atoms with Crippen molar-refractivity contribution in [2.45, 2.75) is 44.8 Å². The summed E-state index contributed by atoms with van der Waals surface area (Å²) in [7, 11) is 4.15. The van der Waals surface area contributed by atoms with Gasteiger partial charge in [-0.1, -0.05) is 0 Å². The molecule has 1 N–H and O–H groups in total. The van der Waals surface area contributed by atoms with E-state index in [4.69, 9.17) is 4.98 Å². The standard InChI is InChI=1S/C19H29N7O/c1-14(2)22-18(27)25-9-6-19(7-10-25)17-20-13-16(15-5-8-21-24(15)4)26(17)12-11-23(19)3/h5,8,13-14H,6-7,9-12H2,1-4H3,(H,22,27). The summed E-state index contributed by atoms with van der Waals surface area (Å²) >= 11 is 0. The molecule has 8 nitrogen and oxygen atoms in total. The number of rotatable bonds is 2. The van der Waals surface area contributed by atoms with E-state index in [1.165, 1.54) is 0 Å². The smallest absolute Gasteiger partial charge is 0.317 e. The van der Waals surface area contributed by atoms with Gasteiger partial charge in [-0.2, -0.15) is 5.10 Å². The molecular formula is C19H29N7O. The molecule has 0 aromatic carbocycles. The van der Waals surface area contributed by atoms with Crippen molar-refractivity contribution in [3.8, 4) is 11.4 Å². The molecule has 4 rings (SSSR count). The second-order valence-corrected chi connectivity index (χ2v) is 8.00. The van der Waals surface area contributed by atoms with Crippen LogP contribution in [0.25, 0.3) is 11.4 Å². The molecule has 2 aliphatic rings. The quantitative estimate of drug-likeness (QED) is 0.871. The number of hydrogen-bond acceptors (Lipinski definition) is 4. The maximum absolute atomic E-state index is 12.4. The van der Waals surface area contributed by atoms with E-state index in [1.54, 1.807) is 0 Å². The molecule has 0 radical (unpaired) electrons. The van der Waals surface area contributed by atoms with Crippen LogP contribution in [0.2, 0.25) is 0 Å². The van der Waals surface area contributed by atoms with Gasteiger partial charge in [0, 0.05) is 45.5 Å². The molecule has 0 bridgehead atoms. The number of likely N-dealkylation sites (tertiary alicyclic amines) is 1. The first-order valence-corrected chi connectivity index (χ1v) is 9.73. The third-order valence-corrected chi connectivity index (χ3v) is 6.03. The lowest BCUT2D eigenvalue weighted by molar-refractivity contribution is 0.0184. The summed E-state index contributed by atoms with van der Waals surface area (Å²) in [4.78, 5) is 21.6. The fourth-order valence-corrected chi connectivity index (χ4v) is 4.46. The topological polar surface area (TPSA) is 71.2 Å². The van der Waals surface area contributed by atoms with Crippen LogP contribution in [0.4, 0.5) is 4.79 Å². The number of nitrogens with zero attached hydrogens (tertiary/aromatic N) is 6. The van der Waals surface area contributed by atoms with Crippen molar-refractivity contribution < 1.29 is 4.79 Å². The van der Waals surface area contributed by atoms with Gasteiger partial charge >= 0.3 is 6.03 Å². The lowest BCUT2D eigenvalue weighted by Crippen LogP contribution is -2.58. The average molecular weight is 371 g/mol. The summed E-state index contributed by atoms with van der Waals surface area (Å²) in [6.07, 6.45) is 5.60. The number of aryl methyl sites for hydroxylation is 1. The van der Waals surface area contributed by atoms with E-state index in [9.17, 15) is 4.79 Å². The van der Waals surface area contributed by atoms with Gasteiger partial charge < -0.3 is 14.8 Å². The lowest BCUT2D eigenvalue weighted by Gasteiger charge is -2.49. The van der Waals surface area contributed by atoms with Crippen LogP contribution in [0, 0.1) is 0 Å². The molecule has 4 heterocycles. The largest absolute Gasteiger partial charge is 0.336 e. The van der Waals surface area contributed by atoms with Gasteiger partial charge in [0.25, 0.3) is 0 Å². The van der Waals surface area contributed by atoms with Gasteiger partial charge in [0.1, 0.15) is 5.82 Å². The first kappa shape index (κ1) is 18.0. The maximum atomic E-state index is 12.4. The normalized spacial score (nSPS) is 19.5. The SMILES string of the molecule is CC(C)NC(=O)N1CCC2(CC1)c1ncc(-c3ccnn3C)n1CCN2C. The van der Waals surface area contributed by atoms with Crippen LogP contribution in [-0.2, 0) is 19.1 Å². The van der Waals surface area contributed by atoms with Crippen molar-refractivity contribution >= 4 is 6.03 Å². The van der Waals surface area contributed by atoms with Crippen molar-refractivity contribution in [1.29, 1.82) is 0 Å². The summed E-state index contributed by atoms with van der Waals surface area (Å²) in [5.41, 5.74) is 2.10. The van der Waals surface area contributed by atoms with Crippen molar-refractivity contribution in [3.63, 3.8) is 0 Å². The van der Waals surface area contributed by atoms with E-state index in [1.807, 2.05) is 48.9 Å². The van der Waals surface area contributed by atoms with Gasteiger partial charge in [0.15, 0.2) is 0 Å². The molecule has 1 fully saturated rings. The highest BCUT2D eigenvalue weighted by Crippen LogP contribution is 2.41. The number of carbonyl (C=O) groups excluding carboxylic acids is 1. The molecule has 1 saturated heterocycles. The molecule has 2 aliphatic heterocycles. The Morgan fingerprint density at radius 2 is 1.89 bits per heavy atom. The Hall–Kier alpha value is -2.35. The minimum atomic E-state index is -0.107. The zero-order chi connectivity index (χ0) is 19.2. The number of urea groups is 1. The first-order valence-electron chi connectivity index (χ1n) is 9.73. The summed E-state index contributed by atoms with van der Waals surface area (Å²) in [5.74, 6) is 1.12. The van der Waals surface area contributed by atoms with Gasteiger partial charge in [0.05, 0.1) is 23.1 Å². The zero-order valence-electron chi connectivity index (χ0n) is 16.6. The number of piperidine rings is 1. The fourth-order valence-electron chi connectivity index (χ4n) is 4.46. The van der Waals surface area contributed by atoms with Crippen molar-refractivity contribution in [3.05, 3.63) is 24.3 Å². The third-order valence-electron chi connectivity index (χ3n) is 6.03. The summed E-state index contributed by atoms with van der Waals surface area (Å²) < 4.78 is 4.25. The van der Waals surface area contributed by atoms with E-state index in [-0.39, 0.29) is 17.6 Å². The number of fused-ring (bicyclic) bond motifs is 2. The molecule has 0 saturated carbocycles. The predicted molar refractivity (Wildman–Crippen MR) is 103 cm³/mol. The molecule has 0 aliphatic carbocycles. The number of aromatic nitrogens is 4. The minimum Gasteiger partial charge on any atom is -0.336 e. The second-order valence-electron chi connectivity index (χ2n) is 8.00. The summed E-state index contributed by atoms with van der Waals surface area (Å²) in [5, 5.41) is 7.31. The van der Waals surface area contributed by atoms with Gasteiger partial charge in [-0.25, -0.2) is 9.78 Å². The molecule has 2 aromatic rings. The Balaban J connectivity index is 1.61. The van der Waals surface area contributed by atoms with Crippen LogP contribution in [-0.4, -0.2) is 67.9 Å². The monoisotopic (exact) mass is 371 g/mol. The third kappa shape index (κ3) is 2.92. The molecule has 2 amide bonds. The lowest BCUT2D eigenvalue weighted by atomic mass is 9.83. The summed E-state index contributed by atoms with van der Waals surface area (Å²) in [6, 6.07) is 2.23. The van der Waals surface area contributed by atoms with Crippen LogP contribution in [0.1, 0.15) is 32.5 Å². The number of amides is 2. The first-order chi connectivity index (χ1) is 12.9. The van der Waals surface area contributed by atoms with Crippen molar-refractivity contribution in [2.24, 2.45) is 7.05 Å². The average Bonchev–Trinajstić information content (AvgIpc) is 3.24. The minimum absolute atomic E-state index is 0.0391. The Kier molecular flexibility index (Phi) is 4.46. The Labute approximate surface area is 160 Å². The molecule has 146 valence electrons. The Bertz CT molecular complexity index is 829. The van der Waals surface area contributed by atoms with Crippen LogP contribution in [0.15, 0.2) is 18.5 Å². The number of nitrogens with one attached hydrogen (secondary N) is 1. The molecule has 2 aromatic heterocycles. The predicted octanol–water partition coefficient (Wildman–Crippen LogP) is 1.64. The molecule has 0 unspecified atom stereocenters. The van der Waals surface area contributed by atoms with Crippen LogP contribution < -0.4 is 5.32 Å². The molecular weight excluding hydrogens is 342 g/mol. The highest BCUT2D eigenvalue weighted by molar-refractivity contribution is 5.74. The van der Waals surface area contributed by atoms with Crippen molar-refractivity contribution in [2.75, 3.05) is 26.7 Å².